The molecule has 4 heteroatoms. The molecule has 0 saturated carbocycles. The van der Waals surface area contributed by atoms with Gasteiger partial charge in [-0.25, -0.2) is 0 Å². The second kappa shape index (κ2) is 5.45. The van der Waals surface area contributed by atoms with Crippen LogP contribution in [-0.2, 0) is 0 Å². The van der Waals surface area contributed by atoms with Crippen LogP contribution in [0.3, 0.4) is 0 Å². The second-order valence-electron chi connectivity index (χ2n) is 4.40. The maximum Gasteiger partial charge on any atom is 0.139 e. The molecule has 0 atom stereocenters. The molecule has 0 radical (unpaired) electrons. The van der Waals surface area contributed by atoms with Gasteiger partial charge in [-0.05, 0) is 55.3 Å². The van der Waals surface area contributed by atoms with Crippen LogP contribution in [0.2, 0.25) is 0 Å². The van der Waals surface area contributed by atoms with Gasteiger partial charge in [-0.15, -0.1) is 0 Å². The summed E-state index contributed by atoms with van der Waals surface area (Å²) in [6.45, 7) is 4.09. The van der Waals surface area contributed by atoms with Crippen LogP contribution in [0.25, 0.3) is 0 Å². The number of aryl methyl sites for hydroxylation is 2. The lowest BCUT2D eigenvalue weighted by Gasteiger charge is -2.12. The van der Waals surface area contributed by atoms with Gasteiger partial charge in [0.1, 0.15) is 17.3 Å². The fraction of sp³-hybridized carbons (Fsp3) is 0.133. The maximum atomic E-state index is 7.57. The van der Waals surface area contributed by atoms with E-state index in [4.69, 9.17) is 15.9 Å². The molecular formula is C15H15BrN2O. The van der Waals surface area contributed by atoms with Crippen molar-refractivity contribution in [3.05, 3.63) is 57.6 Å². The van der Waals surface area contributed by atoms with Crippen molar-refractivity contribution in [3.8, 4) is 11.5 Å². The van der Waals surface area contributed by atoms with E-state index in [1.54, 1.807) is 6.07 Å². The van der Waals surface area contributed by atoms with Crippen LogP contribution in [0, 0.1) is 19.3 Å². The number of ether oxygens (including phenoxy) is 1. The average molecular weight is 319 g/mol. The van der Waals surface area contributed by atoms with Gasteiger partial charge < -0.3 is 10.5 Å². The van der Waals surface area contributed by atoms with Crippen molar-refractivity contribution < 1.29 is 4.74 Å². The van der Waals surface area contributed by atoms with Crippen molar-refractivity contribution in [3.63, 3.8) is 0 Å². The van der Waals surface area contributed by atoms with Crippen molar-refractivity contribution in [2.24, 2.45) is 5.73 Å². The molecule has 0 aliphatic carbocycles. The molecule has 0 aliphatic rings. The Kier molecular flexibility index (Phi) is 3.90. The van der Waals surface area contributed by atoms with Crippen molar-refractivity contribution in [2.45, 2.75) is 13.8 Å². The van der Waals surface area contributed by atoms with Crippen LogP contribution in [0.5, 0.6) is 11.5 Å². The van der Waals surface area contributed by atoms with Crippen LogP contribution in [0.1, 0.15) is 16.7 Å². The highest BCUT2D eigenvalue weighted by molar-refractivity contribution is 9.10. The number of hydrogen-bond donors (Lipinski definition) is 2. The van der Waals surface area contributed by atoms with E-state index >= 15 is 0 Å². The molecule has 98 valence electrons. The molecule has 2 aromatic rings. The summed E-state index contributed by atoms with van der Waals surface area (Å²) in [5, 5.41) is 7.57. The largest absolute Gasteiger partial charge is 0.457 e. The quantitative estimate of drug-likeness (QED) is 0.660. The zero-order valence-electron chi connectivity index (χ0n) is 10.8. The van der Waals surface area contributed by atoms with Gasteiger partial charge in [-0.1, -0.05) is 22.0 Å². The van der Waals surface area contributed by atoms with Gasteiger partial charge in [0, 0.05) is 4.47 Å². The lowest BCUT2D eigenvalue weighted by molar-refractivity contribution is 0.480. The van der Waals surface area contributed by atoms with Gasteiger partial charge in [0.2, 0.25) is 0 Å². The third kappa shape index (κ3) is 3.15. The van der Waals surface area contributed by atoms with Crippen LogP contribution < -0.4 is 10.5 Å². The predicted octanol–water partition coefficient (Wildman–Crippen LogP) is 4.14. The highest BCUT2D eigenvalue weighted by Gasteiger charge is 2.09. The molecule has 19 heavy (non-hydrogen) atoms. The molecule has 2 aromatic carbocycles. The summed E-state index contributed by atoms with van der Waals surface area (Å²) in [6.07, 6.45) is 0. The Morgan fingerprint density at radius 3 is 2.47 bits per heavy atom. The van der Waals surface area contributed by atoms with E-state index in [0.29, 0.717) is 11.3 Å². The summed E-state index contributed by atoms with van der Waals surface area (Å²) >= 11 is 3.39. The fourth-order valence-electron chi connectivity index (χ4n) is 1.71. The van der Waals surface area contributed by atoms with E-state index in [2.05, 4.69) is 22.9 Å². The first-order chi connectivity index (χ1) is 8.97. The zero-order chi connectivity index (χ0) is 14.0. The number of nitrogens with two attached hydrogens (primary N) is 1. The van der Waals surface area contributed by atoms with Crippen molar-refractivity contribution in [1.82, 2.24) is 0 Å². The monoisotopic (exact) mass is 318 g/mol. The molecular weight excluding hydrogens is 304 g/mol. The van der Waals surface area contributed by atoms with E-state index in [1.807, 2.05) is 37.3 Å². The third-order valence-corrected chi connectivity index (χ3v) is 3.43. The molecule has 0 bridgehead atoms. The Bertz CT molecular complexity index is 638. The molecule has 0 spiro atoms. The molecule has 3 N–H and O–H groups in total. The minimum atomic E-state index is -0.00802. The van der Waals surface area contributed by atoms with E-state index in [1.165, 1.54) is 5.56 Å². The molecule has 0 unspecified atom stereocenters. The van der Waals surface area contributed by atoms with Gasteiger partial charge in [-0.3, -0.25) is 5.41 Å². The van der Waals surface area contributed by atoms with Gasteiger partial charge in [0.05, 0.1) is 5.56 Å². The number of hydrogen-bond acceptors (Lipinski definition) is 2. The lowest BCUT2D eigenvalue weighted by Crippen LogP contribution is -2.12. The smallest absolute Gasteiger partial charge is 0.139 e. The Labute approximate surface area is 121 Å². The van der Waals surface area contributed by atoms with Crippen molar-refractivity contribution in [1.29, 1.82) is 5.41 Å². The fourth-order valence-corrected chi connectivity index (χ4v) is 2.05. The summed E-state index contributed by atoms with van der Waals surface area (Å²) in [5.74, 6) is 1.31. The maximum absolute atomic E-state index is 7.57. The van der Waals surface area contributed by atoms with Gasteiger partial charge in [0.25, 0.3) is 0 Å². The number of rotatable bonds is 3. The second-order valence-corrected chi connectivity index (χ2v) is 5.32. The normalized spacial score (nSPS) is 10.3. The molecule has 0 fully saturated rings. The highest BCUT2D eigenvalue weighted by atomic mass is 79.9. The van der Waals surface area contributed by atoms with E-state index < -0.39 is 0 Å². The summed E-state index contributed by atoms with van der Waals surface area (Å²) in [4.78, 5) is 0. The van der Waals surface area contributed by atoms with E-state index in [-0.39, 0.29) is 5.84 Å². The molecule has 0 heterocycles. The van der Waals surface area contributed by atoms with Crippen LogP contribution in [-0.4, -0.2) is 5.84 Å². The van der Waals surface area contributed by atoms with Gasteiger partial charge in [0.15, 0.2) is 0 Å². The predicted molar refractivity (Wildman–Crippen MR) is 81.1 cm³/mol. The Hall–Kier alpha value is -1.81. The van der Waals surface area contributed by atoms with Gasteiger partial charge >= 0.3 is 0 Å². The summed E-state index contributed by atoms with van der Waals surface area (Å²) in [7, 11) is 0. The van der Waals surface area contributed by atoms with Crippen molar-refractivity contribution in [2.75, 3.05) is 0 Å². The molecule has 0 saturated heterocycles. The molecule has 0 aromatic heterocycles. The first-order valence-electron chi connectivity index (χ1n) is 5.86. The molecule has 0 aliphatic heterocycles. The summed E-state index contributed by atoms with van der Waals surface area (Å²) in [5.41, 5.74) is 8.52. The number of nitrogen functional groups attached to an aromatic ring is 1. The summed E-state index contributed by atoms with van der Waals surface area (Å²) in [6, 6.07) is 11.3. The summed E-state index contributed by atoms with van der Waals surface area (Å²) < 4.78 is 6.72. The first-order valence-corrected chi connectivity index (χ1v) is 6.65. The minimum Gasteiger partial charge on any atom is -0.457 e. The number of nitrogens with one attached hydrogen (secondary N) is 1. The molecule has 2 rings (SSSR count). The Morgan fingerprint density at radius 2 is 1.84 bits per heavy atom. The minimum absolute atomic E-state index is 0.00802. The lowest BCUT2D eigenvalue weighted by atomic mass is 10.1. The molecule has 3 nitrogen and oxygen atoms in total. The number of benzene rings is 2. The topological polar surface area (TPSA) is 59.1 Å². The Balaban J connectivity index is 2.39. The van der Waals surface area contributed by atoms with Crippen LogP contribution in [0.15, 0.2) is 40.9 Å². The standard InChI is InChI=1S/C15H15BrN2O/c1-9-3-5-12(7-10(9)2)19-14-8-11(16)4-6-13(14)15(17)18/h3-8H,1-2H3,(H3,17,18). The zero-order valence-corrected chi connectivity index (χ0v) is 12.4. The third-order valence-electron chi connectivity index (χ3n) is 2.94. The number of halogens is 1. The SMILES string of the molecule is Cc1ccc(Oc2cc(Br)ccc2C(=N)N)cc1C. The molecule has 0 amide bonds. The first kappa shape index (κ1) is 13.6. The van der Waals surface area contributed by atoms with E-state index in [0.717, 1.165) is 15.8 Å². The van der Waals surface area contributed by atoms with Crippen LogP contribution in [0.4, 0.5) is 0 Å². The Morgan fingerprint density at radius 1 is 1.11 bits per heavy atom. The number of amidine groups is 1. The van der Waals surface area contributed by atoms with Gasteiger partial charge in [-0.2, -0.15) is 0 Å². The van der Waals surface area contributed by atoms with Crippen molar-refractivity contribution >= 4 is 21.8 Å². The average Bonchev–Trinajstić information content (AvgIpc) is 2.33. The van der Waals surface area contributed by atoms with E-state index in [9.17, 15) is 0 Å². The highest BCUT2D eigenvalue weighted by Crippen LogP contribution is 2.29. The van der Waals surface area contributed by atoms with Crippen LogP contribution >= 0.6 is 15.9 Å².